The van der Waals surface area contributed by atoms with E-state index in [-0.39, 0.29) is 12.7 Å². The van der Waals surface area contributed by atoms with E-state index in [9.17, 15) is 31.1 Å². The summed E-state index contributed by atoms with van der Waals surface area (Å²) < 4.78 is 83.6. The van der Waals surface area contributed by atoms with Crippen LogP contribution in [0.3, 0.4) is 0 Å². The lowest BCUT2D eigenvalue weighted by atomic mass is 10.0. The molecule has 0 spiro atoms. The monoisotopic (exact) mass is 365 g/mol. The van der Waals surface area contributed by atoms with Crippen molar-refractivity contribution in [2.24, 2.45) is 0 Å². The van der Waals surface area contributed by atoms with Gasteiger partial charge in [0.05, 0.1) is 30.2 Å². The van der Waals surface area contributed by atoms with E-state index in [2.05, 4.69) is 14.5 Å². The predicted molar refractivity (Wildman–Crippen MR) is 65.8 cm³/mol. The van der Waals surface area contributed by atoms with E-state index in [0.29, 0.717) is 0 Å². The molecule has 0 atom stereocenters. The third-order valence-corrected chi connectivity index (χ3v) is 2.72. The average molecular weight is 366 g/mol. The zero-order valence-electron chi connectivity index (χ0n) is 11.5. The van der Waals surface area contributed by atoms with Crippen molar-refractivity contribution in [3.05, 3.63) is 22.9 Å². The molecule has 11 heteroatoms. The number of halogens is 7. The number of hydrogen-bond donors (Lipinski definition) is 0. The molecule has 0 radical (unpaired) electrons. The van der Waals surface area contributed by atoms with Gasteiger partial charge >= 0.3 is 18.5 Å². The number of aromatic nitrogens is 1. The van der Waals surface area contributed by atoms with Crippen LogP contribution in [0.1, 0.15) is 23.7 Å². The first-order valence-electron chi connectivity index (χ1n) is 6.05. The summed E-state index contributed by atoms with van der Waals surface area (Å²) in [4.78, 5) is 14.7. The van der Waals surface area contributed by atoms with Gasteiger partial charge in [0.1, 0.15) is 0 Å². The molecule has 0 aliphatic heterocycles. The van der Waals surface area contributed by atoms with Crippen LogP contribution in [-0.4, -0.2) is 23.9 Å². The largest absolute Gasteiger partial charge is 0.574 e. The van der Waals surface area contributed by atoms with Gasteiger partial charge in [-0.1, -0.05) is 0 Å². The highest BCUT2D eigenvalue weighted by molar-refractivity contribution is 6.17. The average Bonchev–Trinajstić information content (AvgIpc) is 2.37. The number of ether oxygens (including phenoxy) is 2. The van der Waals surface area contributed by atoms with Crippen LogP contribution in [0.15, 0.2) is 6.07 Å². The SMILES string of the molecule is CCOC(=O)Cc1c(C(F)(F)F)cc(OC(F)(F)F)nc1CCl. The first-order chi connectivity index (χ1) is 10.5. The van der Waals surface area contributed by atoms with Gasteiger partial charge < -0.3 is 9.47 Å². The third-order valence-electron chi connectivity index (χ3n) is 2.47. The highest BCUT2D eigenvalue weighted by Gasteiger charge is 2.38. The summed E-state index contributed by atoms with van der Waals surface area (Å²) in [7, 11) is 0. The van der Waals surface area contributed by atoms with Crippen LogP contribution in [0.5, 0.6) is 5.88 Å². The first-order valence-corrected chi connectivity index (χ1v) is 6.58. The molecule has 1 aromatic heterocycles. The van der Waals surface area contributed by atoms with Crippen molar-refractivity contribution in [2.45, 2.75) is 31.8 Å². The lowest BCUT2D eigenvalue weighted by Crippen LogP contribution is -2.21. The van der Waals surface area contributed by atoms with E-state index in [0.717, 1.165) is 0 Å². The predicted octanol–water partition coefficient (Wildman–Crippen LogP) is 3.84. The molecular weight excluding hydrogens is 356 g/mol. The minimum absolute atomic E-state index is 0.0676. The number of alkyl halides is 7. The molecule has 130 valence electrons. The van der Waals surface area contributed by atoms with Gasteiger partial charge in [-0.25, -0.2) is 4.98 Å². The van der Waals surface area contributed by atoms with Crippen molar-refractivity contribution in [2.75, 3.05) is 6.61 Å². The van der Waals surface area contributed by atoms with Crippen molar-refractivity contribution in [3.8, 4) is 5.88 Å². The highest BCUT2D eigenvalue weighted by Crippen LogP contribution is 2.37. The Morgan fingerprint density at radius 1 is 1.26 bits per heavy atom. The fourth-order valence-electron chi connectivity index (χ4n) is 1.69. The van der Waals surface area contributed by atoms with E-state index in [1.807, 2.05) is 0 Å². The Bertz CT molecular complexity index is 573. The second-order valence-electron chi connectivity index (χ2n) is 4.09. The van der Waals surface area contributed by atoms with Crippen LogP contribution >= 0.6 is 11.6 Å². The van der Waals surface area contributed by atoms with Crippen molar-refractivity contribution in [1.29, 1.82) is 0 Å². The number of hydrogen-bond acceptors (Lipinski definition) is 4. The molecule has 1 rings (SSSR count). The molecule has 0 unspecified atom stereocenters. The molecule has 1 aromatic rings. The van der Waals surface area contributed by atoms with E-state index in [1.165, 1.54) is 6.92 Å². The van der Waals surface area contributed by atoms with Crippen LogP contribution in [-0.2, 0) is 28.0 Å². The van der Waals surface area contributed by atoms with E-state index in [4.69, 9.17) is 11.6 Å². The van der Waals surface area contributed by atoms with Gasteiger partial charge in [0.25, 0.3) is 0 Å². The van der Waals surface area contributed by atoms with Crippen molar-refractivity contribution < 1.29 is 40.6 Å². The molecule has 0 aliphatic rings. The van der Waals surface area contributed by atoms with Gasteiger partial charge in [-0.3, -0.25) is 4.79 Å². The first kappa shape index (κ1) is 19.3. The molecule has 0 fully saturated rings. The summed E-state index contributed by atoms with van der Waals surface area (Å²) >= 11 is 5.44. The lowest BCUT2D eigenvalue weighted by Gasteiger charge is -2.17. The topological polar surface area (TPSA) is 48.4 Å². The Hall–Kier alpha value is -1.71. The minimum atomic E-state index is -5.22. The molecule has 0 saturated heterocycles. The molecule has 0 aliphatic carbocycles. The molecule has 0 saturated carbocycles. The molecule has 0 N–H and O–H groups in total. The number of carbonyl (C=O) groups is 1. The maximum atomic E-state index is 13.1. The zero-order chi connectivity index (χ0) is 17.8. The molecule has 1 heterocycles. The number of esters is 1. The van der Waals surface area contributed by atoms with Gasteiger partial charge in [0.15, 0.2) is 0 Å². The minimum Gasteiger partial charge on any atom is -0.466 e. The molecule has 4 nitrogen and oxygen atoms in total. The normalized spacial score (nSPS) is 12.2. The third kappa shape index (κ3) is 5.77. The number of nitrogens with zero attached hydrogens (tertiary/aromatic N) is 1. The fourth-order valence-corrected chi connectivity index (χ4v) is 1.91. The summed E-state index contributed by atoms with van der Waals surface area (Å²) in [6, 6.07) is 0.0676. The summed E-state index contributed by atoms with van der Waals surface area (Å²) in [6.07, 6.45) is -11.1. The Kier molecular flexibility index (Phi) is 6.09. The fraction of sp³-hybridized carbons (Fsp3) is 0.500. The summed E-state index contributed by atoms with van der Waals surface area (Å²) in [6.45, 7) is 1.38. The second-order valence-corrected chi connectivity index (χ2v) is 4.36. The summed E-state index contributed by atoms with van der Waals surface area (Å²) in [5.74, 6) is -2.95. The van der Waals surface area contributed by atoms with Crippen LogP contribution in [0, 0.1) is 0 Å². The van der Waals surface area contributed by atoms with Crippen LogP contribution < -0.4 is 4.74 Å². The maximum absolute atomic E-state index is 13.1. The van der Waals surface area contributed by atoms with Crippen LogP contribution in [0.2, 0.25) is 0 Å². The van der Waals surface area contributed by atoms with E-state index >= 15 is 0 Å². The van der Waals surface area contributed by atoms with Crippen LogP contribution in [0.4, 0.5) is 26.3 Å². The molecule has 0 bridgehead atoms. The van der Waals surface area contributed by atoms with Crippen molar-refractivity contribution in [3.63, 3.8) is 0 Å². The number of pyridine rings is 1. The Labute approximate surface area is 131 Å². The van der Waals surface area contributed by atoms with Crippen LogP contribution in [0.25, 0.3) is 0 Å². The summed E-state index contributed by atoms with van der Waals surface area (Å²) in [5, 5.41) is 0. The summed E-state index contributed by atoms with van der Waals surface area (Å²) in [5.41, 5.74) is -2.69. The number of rotatable bonds is 5. The maximum Gasteiger partial charge on any atom is 0.574 e. The van der Waals surface area contributed by atoms with Gasteiger partial charge in [0, 0.05) is 6.07 Å². The van der Waals surface area contributed by atoms with Gasteiger partial charge in [0.2, 0.25) is 5.88 Å². The van der Waals surface area contributed by atoms with Gasteiger partial charge in [-0.15, -0.1) is 24.8 Å². The quantitative estimate of drug-likeness (QED) is 0.452. The Morgan fingerprint density at radius 3 is 2.30 bits per heavy atom. The van der Waals surface area contributed by atoms with Gasteiger partial charge in [-0.05, 0) is 12.5 Å². The Balaban J connectivity index is 3.39. The lowest BCUT2D eigenvalue weighted by molar-refractivity contribution is -0.276. The molecule has 23 heavy (non-hydrogen) atoms. The Morgan fingerprint density at radius 2 is 1.87 bits per heavy atom. The number of carbonyl (C=O) groups excluding carboxylic acids is 1. The zero-order valence-corrected chi connectivity index (χ0v) is 12.3. The van der Waals surface area contributed by atoms with E-state index in [1.54, 1.807) is 0 Å². The standard InChI is InChI=1S/C12H10ClF6NO3/c1-2-22-10(21)3-6-7(11(14,15)16)4-9(20-8(6)5-13)23-12(17,18)19/h4H,2-3,5H2,1H3. The molecule has 0 amide bonds. The van der Waals surface area contributed by atoms with Gasteiger partial charge in [-0.2, -0.15) is 13.2 Å². The second kappa shape index (κ2) is 7.24. The van der Waals surface area contributed by atoms with E-state index < -0.39 is 53.5 Å². The molecular formula is C12H10ClF6NO3. The van der Waals surface area contributed by atoms with Crippen molar-refractivity contribution >= 4 is 17.6 Å². The highest BCUT2D eigenvalue weighted by atomic mass is 35.5. The molecule has 0 aromatic carbocycles. The van der Waals surface area contributed by atoms with Crippen molar-refractivity contribution in [1.82, 2.24) is 4.98 Å². The smallest absolute Gasteiger partial charge is 0.466 e.